The predicted octanol–water partition coefficient (Wildman–Crippen LogP) is 2.90. The summed E-state index contributed by atoms with van der Waals surface area (Å²) < 4.78 is 32.5. The number of nitrogens with one attached hydrogen (secondary N) is 1. The van der Waals surface area contributed by atoms with Crippen LogP contribution >= 0.6 is 0 Å². The Morgan fingerprint density at radius 1 is 1.07 bits per heavy atom. The van der Waals surface area contributed by atoms with Crippen molar-refractivity contribution < 1.29 is 22.7 Å². The highest BCUT2D eigenvalue weighted by molar-refractivity contribution is 7.92. The highest BCUT2D eigenvalue weighted by Gasteiger charge is 2.28. The summed E-state index contributed by atoms with van der Waals surface area (Å²) in [5.74, 6) is -0.576. The minimum Gasteiger partial charge on any atom is -0.466 e. The van der Waals surface area contributed by atoms with E-state index in [0.717, 1.165) is 0 Å². The normalized spacial score (nSPS) is 15.0. The van der Waals surface area contributed by atoms with E-state index in [1.807, 2.05) is 0 Å². The molecule has 29 heavy (non-hydrogen) atoms. The van der Waals surface area contributed by atoms with Crippen molar-refractivity contribution in [3.05, 3.63) is 60.2 Å². The van der Waals surface area contributed by atoms with Crippen LogP contribution in [0.5, 0.6) is 0 Å². The number of carbonyl (C=O) groups is 2. The second-order valence-electron chi connectivity index (χ2n) is 6.82. The van der Waals surface area contributed by atoms with Crippen molar-refractivity contribution in [1.82, 2.24) is 4.90 Å². The smallest absolute Gasteiger partial charge is 0.309 e. The maximum Gasteiger partial charge on any atom is 0.309 e. The molecule has 1 amide bonds. The first-order valence-corrected chi connectivity index (χ1v) is 11.0. The Balaban J connectivity index is 1.67. The molecule has 1 N–H and O–H groups in total. The second-order valence-corrected chi connectivity index (χ2v) is 8.50. The van der Waals surface area contributed by atoms with Crippen LogP contribution in [0.25, 0.3) is 0 Å². The summed E-state index contributed by atoms with van der Waals surface area (Å²) in [6, 6.07) is 14.5. The summed E-state index contributed by atoms with van der Waals surface area (Å²) in [7, 11) is -3.73. The summed E-state index contributed by atoms with van der Waals surface area (Å²) in [5, 5.41) is 0. The fourth-order valence-corrected chi connectivity index (χ4v) is 4.36. The Hall–Kier alpha value is -2.87. The van der Waals surface area contributed by atoms with Crippen molar-refractivity contribution in [2.75, 3.05) is 24.4 Å². The van der Waals surface area contributed by atoms with Crippen molar-refractivity contribution in [3.8, 4) is 0 Å². The van der Waals surface area contributed by atoms with E-state index < -0.39 is 10.0 Å². The summed E-state index contributed by atoms with van der Waals surface area (Å²) in [5.41, 5.74) is 0.717. The fourth-order valence-electron chi connectivity index (χ4n) is 3.29. The number of ether oxygens (including phenoxy) is 1. The molecule has 2 aromatic carbocycles. The lowest BCUT2D eigenvalue weighted by molar-refractivity contribution is -0.149. The number of hydrogen-bond donors (Lipinski definition) is 1. The number of hydrogen-bond acceptors (Lipinski definition) is 5. The zero-order chi connectivity index (χ0) is 20.9. The molecule has 1 heterocycles. The average Bonchev–Trinajstić information content (AvgIpc) is 2.74. The van der Waals surface area contributed by atoms with Gasteiger partial charge >= 0.3 is 5.97 Å². The lowest BCUT2D eigenvalue weighted by atomic mass is 9.96. The molecule has 0 unspecified atom stereocenters. The van der Waals surface area contributed by atoms with Gasteiger partial charge in [0, 0.05) is 24.3 Å². The Morgan fingerprint density at radius 2 is 1.76 bits per heavy atom. The van der Waals surface area contributed by atoms with Gasteiger partial charge in [0.2, 0.25) is 0 Å². The molecule has 0 spiro atoms. The Kier molecular flexibility index (Phi) is 6.53. The first-order chi connectivity index (χ1) is 13.9. The summed E-state index contributed by atoms with van der Waals surface area (Å²) >= 11 is 0. The monoisotopic (exact) mass is 416 g/mol. The van der Waals surface area contributed by atoms with Crippen LogP contribution in [0.3, 0.4) is 0 Å². The topological polar surface area (TPSA) is 92.8 Å². The van der Waals surface area contributed by atoms with Gasteiger partial charge in [-0.1, -0.05) is 24.3 Å². The van der Waals surface area contributed by atoms with Gasteiger partial charge in [0.05, 0.1) is 17.4 Å². The average molecular weight is 416 g/mol. The second kappa shape index (κ2) is 9.09. The number of rotatable bonds is 6. The predicted molar refractivity (Wildman–Crippen MR) is 109 cm³/mol. The summed E-state index contributed by atoms with van der Waals surface area (Å²) in [6.07, 6.45) is 1.12. The van der Waals surface area contributed by atoms with Crippen LogP contribution in [0.15, 0.2) is 59.5 Å². The van der Waals surface area contributed by atoms with Gasteiger partial charge in [-0.2, -0.15) is 0 Å². The number of sulfonamides is 1. The van der Waals surface area contributed by atoms with Gasteiger partial charge in [0.15, 0.2) is 0 Å². The number of piperidine rings is 1. The largest absolute Gasteiger partial charge is 0.466 e. The van der Waals surface area contributed by atoms with E-state index in [9.17, 15) is 18.0 Å². The molecule has 0 bridgehead atoms. The van der Waals surface area contributed by atoms with Crippen molar-refractivity contribution in [1.29, 1.82) is 0 Å². The molecule has 0 atom stereocenters. The van der Waals surface area contributed by atoms with Crippen molar-refractivity contribution in [2.45, 2.75) is 24.7 Å². The van der Waals surface area contributed by atoms with Crippen molar-refractivity contribution in [2.24, 2.45) is 5.92 Å². The highest BCUT2D eigenvalue weighted by atomic mass is 32.2. The van der Waals surface area contributed by atoms with E-state index in [2.05, 4.69) is 4.72 Å². The molecular formula is C21H24N2O5S. The molecule has 1 aliphatic heterocycles. The maximum absolute atomic E-state index is 12.8. The van der Waals surface area contributed by atoms with Crippen LogP contribution in [0.1, 0.15) is 30.1 Å². The van der Waals surface area contributed by atoms with Gasteiger partial charge in [-0.25, -0.2) is 8.42 Å². The Labute approximate surface area is 170 Å². The van der Waals surface area contributed by atoms with E-state index in [1.165, 1.54) is 18.2 Å². The van der Waals surface area contributed by atoms with Crippen LogP contribution in [-0.4, -0.2) is 44.9 Å². The molecule has 3 rings (SSSR count). The molecule has 154 valence electrons. The standard InChI is InChI=1S/C21H24N2O5S/c1-2-28-21(25)16-11-13-23(14-12-16)20(24)17-7-6-8-18(15-17)22-29(26,27)19-9-4-3-5-10-19/h3-10,15-16,22H,2,11-14H2,1H3. The van der Waals surface area contributed by atoms with Crippen LogP contribution in [0.2, 0.25) is 0 Å². The first kappa shape index (κ1) is 20.9. The molecule has 7 nitrogen and oxygen atoms in total. The molecule has 1 saturated heterocycles. The molecule has 1 aliphatic rings. The summed E-state index contributed by atoms with van der Waals surface area (Å²) in [4.78, 5) is 26.5. The molecule has 0 aliphatic carbocycles. The van der Waals surface area contributed by atoms with Crippen LogP contribution < -0.4 is 4.72 Å². The molecule has 1 fully saturated rings. The number of likely N-dealkylation sites (tertiary alicyclic amines) is 1. The van der Waals surface area contributed by atoms with E-state index in [1.54, 1.807) is 48.2 Å². The summed E-state index contributed by atoms with van der Waals surface area (Å²) in [6.45, 7) is 3.05. The molecule has 0 saturated carbocycles. The number of esters is 1. The third kappa shape index (κ3) is 5.14. The van der Waals surface area contributed by atoms with Gasteiger partial charge in [0.25, 0.3) is 15.9 Å². The van der Waals surface area contributed by atoms with E-state index in [4.69, 9.17) is 4.74 Å². The lowest BCUT2D eigenvalue weighted by Gasteiger charge is -2.31. The third-order valence-electron chi connectivity index (χ3n) is 4.82. The van der Waals surface area contributed by atoms with Crippen molar-refractivity contribution in [3.63, 3.8) is 0 Å². The highest BCUT2D eigenvalue weighted by Crippen LogP contribution is 2.22. The number of carbonyl (C=O) groups excluding carboxylic acids is 2. The van der Waals surface area contributed by atoms with Gasteiger partial charge in [-0.05, 0) is 50.1 Å². The third-order valence-corrected chi connectivity index (χ3v) is 6.21. The minimum absolute atomic E-state index is 0.151. The van der Waals surface area contributed by atoms with Crippen LogP contribution in [-0.2, 0) is 19.6 Å². The van der Waals surface area contributed by atoms with Crippen LogP contribution in [0.4, 0.5) is 5.69 Å². The number of anilines is 1. The lowest BCUT2D eigenvalue weighted by Crippen LogP contribution is -2.40. The van der Waals surface area contributed by atoms with Gasteiger partial charge in [-0.3, -0.25) is 14.3 Å². The SMILES string of the molecule is CCOC(=O)C1CCN(C(=O)c2cccc(NS(=O)(=O)c3ccccc3)c2)CC1. The van der Waals surface area contributed by atoms with E-state index in [-0.39, 0.29) is 22.7 Å². The van der Waals surface area contributed by atoms with Crippen molar-refractivity contribution >= 4 is 27.6 Å². The molecule has 8 heteroatoms. The number of amides is 1. The fraction of sp³-hybridized carbons (Fsp3) is 0.333. The van der Waals surface area contributed by atoms with E-state index in [0.29, 0.717) is 43.8 Å². The number of nitrogens with zero attached hydrogens (tertiary/aromatic N) is 1. The number of benzene rings is 2. The van der Waals surface area contributed by atoms with Gasteiger partial charge in [0.1, 0.15) is 0 Å². The zero-order valence-corrected chi connectivity index (χ0v) is 17.0. The van der Waals surface area contributed by atoms with E-state index >= 15 is 0 Å². The molecule has 0 aromatic heterocycles. The quantitative estimate of drug-likeness (QED) is 0.731. The Morgan fingerprint density at radius 3 is 2.41 bits per heavy atom. The maximum atomic E-state index is 12.8. The van der Waals surface area contributed by atoms with Gasteiger partial charge < -0.3 is 9.64 Å². The zero-order valence-electron chi connectivity index (χ0n) is 16.2. The van der Waals surface area contributed by atoms with Gasteiger partial charge in [-0.15, -0.1) is 0 Å². The molecule has 0 radical (unpaired) electrons. The minimum atomic E-state index is -3.73. The van der Waals surface area contributed by atoms with Crippen LogP contribution in [0, 0.1) is 5.92 Å². The first-order valence-electron chi connectivity index (χ1n) is 9.54. The molecular weight excluding hydrogens is 392 g/mol. The molecule has 2 aromatic rings. The Bertz CT molecular complexity index is 968.